The molecule has 60 valence electrons. The van der Waals surface area contributed by atoms with Gasteiger partial charge in [0.15, 0.2) is 0 Å². The van der Waals surface area contributed by atoms with Crippen molar-refractivity contribution in [3.8, 4) is 0 Å². The molecule has 1 aliphatic rings. The van der Waals surface area contributed by atoms with Crippen LogP contribution in [-0.4, -0.2) is 11.2 Å². The van der Waals surface area contributed by atoms with Crippen LogP contribution in [0.3, 0.4) is 0 Å². The maximum Gasteiger partial charge on any atom is 0.0633 e. The molecule has 1 rings (SSSR count). The summed E-state index contributed by atoms with van der Waals surface area (Å²) in [6.45, 7) is 8.70. The lowest BCUT2D eigenvalue weighted by Gasteiger charge is -2.41. The summed E-state index contributed by atoms with van der Waals surface area (Å²) in [6, 6.07) is 0. The normalized spacial score (nSPS) is 30.0. The van der Waals surface area contributed by atoms with Crippen molar-refractivity contribution in [3.63, 3.8) is 0 Å². The van der Waals surface area contributed by atoms with Gasteiger partial charge < -0.3 is 4.74 Å². The summed E-state index contributed by atoms with van der Waals surface area (Å²) < 4.78 is 5.86. The van der Waals surface area contributed by atoms with Crippen LogP contribution in [-0.2, 0) is 4.74 Å². The molecule has 1 saturated heterocycles. The SMILES string of the molecule is CC1(C)CCCC(C)(C)O1. The van der Waals surface area contributed by atoms with E-state index in [1.807, 2.05) is 0 Å². The molecular formula is C9H18O. The van der Waals surface area contributed by atoms with Crippen LogP contribution in [0.1, 0.15) is 47.0 Å². The Morgan fingerprint density at radius 3 is 1.50 bits per heavy atom. The zero-order chi connectivity index (χ0) is 7.83. The van der Waals surface area contributed by atoms with Crippen molar-refractivity contribution in [2.24, 2.45) is 0 Å². The van der Waals surface area contributed by atoms with E-state index in [9.17, 15) is 0 Å². The number of hydrogen-bond donors (Lipinski definition) is 0. The molecule has 0 aromatic heterocycles. The minimum absolute atomic E-state index is 0.113. The molecule has 0 saturated carbocycles. The van der Waals surface area contributed by atoms with Crippen LogP contribution in [0.2, 0.25) is 0 Å². The second-order valence-electron chi connectivity index (χ2n) is 4.48. The van der Waals surface area contributed by atoms with Gasteiger partial charge in [0, 0.05) is 0 Å². The number of hydrogen-bond acceptors (Lipinski definition) is 1. The molecule has 0 aliphatic carbocycles. The molecule has 1 fully saturated rings. The maximum absolute atomic E-state index is 5.86. The second kappa shape index (κ2) is 2.23. The Labute approximate surface area is 63.8 Å². The van der Waals surface area contributed by atoms with E-state index in [0.29, 0.717) is 0 Å². The Morgan fingerprint density at radius 1 is 0.900 bits per heavy atom. The van der Waals surface area contributed by atoms with Gasteiger partial charge in [-0.2, -0.15) is 0 Å². The highest BCUT2D eigenvalue weighted by atomic mass is 16.5. The molecule has 0 amide bonds. The molecule has 0 atom stereocenters. The minimum atomic E-state index is 0.113. The smallest absolute Gasteiger partial charge is 0.0633 e. The van der Waals surface area contributed by atoms with Gasteiger partial charge in [0.05, 0.1) is 11.2 Å². The molecule has 0 aromatic carbocycles. The van der Waals surface area contributed by atoms with E-state index < -0.39 is 0 Å². The van der Waals surface area contributed by atoms with Gasteiger partial charge in [-0.3, -0.25) is 0 Å². The van der Waals surface area contributed by atoms with Gasteiger partial charge in [0.2, 0.25) is 0 Å². The summed E-state index contributed by atoms with van der Waals surface area (Å²) in [5.74, 6) is 0. The van der Waals surface area contributed by atoms with Crippen LogP contribution < -0.4 is 0 Å². The summed E-state index contributed by atoms with van der Waals surface area (Å²) >= 11 is 0. The van der Waals surface area contributed by atoms with Crippen molar-refractivity contribution in [1.29, 1.82) is 0 Å². The lowest BCUT2D eigenvalue weighted by Crippen LogP contribution is -2.41. The van der Waals surface area contributed by atoms with E-state index >= 15 is 0 Å². The standard InChI is InChI=1S/C9H18O/c1-8(2)6-5-7-9(3,4)10-8/h5-7H2,1-4H3. The first-order chi connectivity index (χ1) is 4.41. The zero-order valence-electron chi connectivity index (χ0n) is 7.53. The number of ether oxygens (including phenoxy) is 1. The molecule has 0 unspecified atom stereocenters. The van der Waals surface area contributed by atoms with E-state index in [0.717, 1.165) is 0 Å². The zero-order valence-corrected chi connectivity index (χ0v) is 7.53. The average molecular weight is 142 g/mol. The van der Waals surface area contributed by atoms with Crippen molar-refractivity contribution in [2.75, 3.05) is 0 Å². The first-order valence-electron chi connectivity index (χ1n) is 4.12. The quantitative estimate of drug-likeness (QED) is 0.505. The molecule has 0 radical (unpaired) electrons. The van der Waals surface area contributed by atoms with Crippen molar-refractivity contribution < 1.29 is 4.74 Å². The molecule has 1 heteroatoms. The third-order valence-corrected chi connectivity index (χ3v) is 2.11. The van der Waals surface area contributed by atoms with Crippen molar-refractivity contribution in [1.82, 2.24) is 0 Å². The second-order valence-corrected chi connectivity index (χ2v) is 4.48. The van der Waals surface area contributed by atoms with E-state index in [4.69, 9.17) is 4.74 Å². The van der Waals surface area contributed by atoms with Crippen LogP contribution in [0.5, 0.6) is 0 Å². The summed E-state index contributed by atoms with van der Waals surface area (Å²) in [5, 5.41) is 0. The lowest BCUT2D eigenvalue weighted by molar-refractivity contribution is -0.155. The number of rotatable bonds is 0. The molecule has 1 heterocycles. The topological polar surface area (TPSA) is 9.23 Å². The Kier molecular flexibility index (Phi) is 1.80. The maximum atomic E-state index is 5.86. The predicted molar refractivity (Wildman–Crippen MR) is 43.1 cm³/mol. The third kappa shape index (κ3) is 1.98. The molecule has 1 aliphatic heterocycles. The van der Waals surface area contributed by atoms with Crippen molar-refractivity contribution in [2.45, 2.75) is 58.2 Å². The highest BCUT2D eigenvalue weighted by Gasteiger charge is 2.33. The third-order valence-electron chi connectivity index (χ3n) is 2.11. The van der Waals surface area contributed by atoms with Crippen LogP contribution in [0.15, 0.2) is 0 Å². The Bertz CT molecular complexity index is 111. The van der Waals surface area contributed by atoms with Gasteiger partial charge in [0.25, 0.3) is 0 Å². The van der Waals surface area contributed by atoms with Gasteiger partial charge in [-0.15, -0.1) is 0 Å². The molecule has 0 spiro atoms. The molecule has 10 heavy (non-hydrogen) atoms. The Hall–Kier alpha value is -0.0400. The van der Waals surface area contributed by atoms with Gasteiger partial charge >= 0.3 is 0 Å². The van der Waals surface area contributed by atoms with E-state index in [1.165, 1.54) is 19.3 Å². The Balaban J connectivity index is 2.56. The minimum Gasteiger partial charge on any atom is -0.370 e. The van der Waals surface area contributed by atoms with Crippen molar-refractivity contribution >= 4 is 0 Å². The monoisotopic (exact) mass is 142 g/mol. The van der Waals surface area contributed by atoms with Crippen molar-refractivity contribution in [3.05, 3.63) is 0 Å². The summed E-state index contributed by atoms with van der Waals surface area (Å²) in [6.07, 6.45) is 3.72. The first-order valence-corrected chi connectivity index (χ1v) is 4.12. The van der Waals surface area contributed by atoms with Gasteiger partial charge in [-0.05, 0) is 47.0 Å². The van der Waals surface area contributed by atoms with Crippen LogP contribution >= 0.6 is 0 Å². The molecule has 1 nitrogen and oxygen atoms in total. The molecule has 0 bridgehead atoms. The fourth-order valence-electron chi connectivity index (χ4n) is 1.79. The fourth-order valence-corrected chi connectivity index (χ4v) is 1.79. The average Bonchev–Trinajstić information content (AvgIpc) is 1.56. The van der Waals surface area contributed by atoms with Gasteiger partial charge in [-0.25, -0.2) is 0 Å². The molecular weight excluding hydrogens is 124 g/mol. The predicted octanol–water partition coefficient (Wildman–Crippen LogP) is 2.74. The van der Waals surface area contributed by atoms with Crippen LogP contribution in [0.25, 0.3) is 0 Å². The van der Waals surface area contributed by atoms with E-state index in [-0.39, 0.29) is 11.2 Å². The van der Waals surface area contributed by atoms with Gasteiger partial charge in [-0.1, -0.05) is 0 Å². The summed E-state index contributed by atoms with van der Waals surface area (Å²) in [4.78, 5) is 0. The first kappa shape index (κ1) is 8.06. The molecule has 0 aromatic rings. The summed E-state index contributed by atoms with van der Waals surface area (Å²) in [5.41, 5.74) is 0.226. The summed E-state index contributed by atoms with van der Waals surface area (Å²) in [7, 11) is 0. The fraction of sp³-hybridized carbons (Fsp3) is 1.00. The Morgan fingerprint density at radius 2 is 1.30 bits per heavy atom. The highest BCUT2D eigenvalue weighted by Crippen LogP contribution is 2.34. The molecule has 0 N–H and O–H groups in total. The van der Waals surface area contributed by atoms with Crippen LogP contribution in [0, 0.1) is 0 Å². The van der Waals surface area contributed by atoms with E-state index in [2.05, 4.69) is 27.7 Å². The lowest BCUT2D eigenvalue weighted by atomic mass is 9.89. The van der Waals surface area contributed by atoms with E-state index in [1.54, 1.807) is 0 Å². The van der Waals surface area contributed by atoms with Gasteiger partial charge in [0.1, 0.15) is 0 Å². The largest absolute Gasteiger partial charge is 0.370 e. The highest BCUT2D eigenvalue weighted by molar-refractivity contribution is 4.82. The van der Waals surface area contributed by atoms with Crippen LogP contribution in [0.4, 0.5) is 0 Å².